The van der Waals surface area contributed by atoms with Gasteiger partial charge in [-0.3, -0.25) is 14.4 Å². The van der Waals surface area contributed by atoms with E-state index in [2.05, 4.69) is 10.1 Å². The van der Waals surface area contributed by atoms with Crippen LogP contribution in [0.3, 0.4) is 0 Å². The molecule has 3 rings (SSSR count). The second-order valence-corrected chi connectivity index (χ2v) is 10.8. The van der Waals surface area contributed by atoms with Gasteiger partial charge in [0.15, 0.2) is 0 Å². The number of ether oxygens (including phenoxy) is 1. The number of amides is 3. The molecule has 0 radical (unpaired) electrons. The van der Waals surface area contributed by atoms with Gasteiger partial charge < -0.3 is 10.1 Å². The molecule has 1 fully saturated rings. The van der Waals surface area contributed by atoms with Gasteiger partial charge in [-0.1, -0.05) is 0 Å². The molecular formula is C24H27N3O7S. The molecule has 2 aromatic rings. The van der Waals surface area contributed by atoms with Gasteiger partial charge in [0.25, 0.3) is 5.91 Å². The van der Waals surface area contributed by atoms with Crippen LogP contribution in [0.25, 0.3) is 0 Å². The third kappa shape index (κ3) is 5.25. The summed E-state index contributed by atoms with van der Waals surface area (Å²) in [7, 11) is -2.97. The van der Waals surface area contributed by atoms with Gasteiger partial charge >= 0.3 is 5.97 Å². The molecule has 2 aromatic carbocycles. The van der Waals surface area contributed by atoms with E-state index in [1.54, 1.807) is 20.8 Å². The van der Waals surface area contributed by atoms with E-state index < -0.39 is 39.4 Å². The topological polar surface area (TPSA) is 130 Å². The van der Waals surface area contributed by atoms with Gasteiger partial charge in [0.2, 0.25) is 21.8 Å². The van der Waals surface area contributed by atoms with Crippen molar-refractivity contribution in [3.05, 3.63) is 54.1 Å². The summed E-state index contributed by atoms with van der Waals surface area (Å²) in [4.78, 5) is 50.0. The van der Waals surface area contributed by atoms with E-state index >= 15 is 0 Å². The van der Waals surface area contributed by atoms with Crippen molar-refractivity contribution in [1.29, 1.82) is 0 Å². The minimum Gasteiger partial charge on any atom is -0.465 e. The summed E-state index contributed by atoms with van der Waals surface area (Å²) in [5, 5.41) is 2.57. The molecule has 1 N–H and O–H groups in total. The fourth-order valence-electron chi connectivity index (χ4n) is 3.96. The van der Waals surface area contributed by atoms with Crippen LogP contribution in [0, 0.1) is 0 Å². The Bertz CT molecular complexity index is 1260. The smallest absolute Gasteiger partial charge is 0.337 e. The average Bonchev–Trinajstić information content (AvgIpc) is 3.05. The van der Waals surface area contributed by atoms with Crippen molar-refractivity contribution in [3.63, 3.8) is 0 Å². The average molecular weight is 502 g/mol. The highest BCUT2D eigenvalue weighted by Gasteiger charge is 2.50. The van der Waals surface area contributed by atoms with Crippen molar-refractivity contribution in [1.82, 2.24) is 4.31 Å². The van der Waals surface area contributed by atoms with Crippen LogP contribution in [-0.2, 0) is 29.1 Å². The van der Waals surface area contributed by atoms with E-state index in [-0.39, 0.29) is 28.5 Å². The minimum atomic E-state index is -4.21. The second kappa shape index (κ2) is 9.59. The van der Waals surface area contributed by atoms with E-state index in [0.717, 1.165) is 9.21 Å². The maximum Gasteiger partial charge on any atom is 0.337 e. The van der Waals surface area contributed by atoms with E-state index in [1.165, 1.54) is 62.6 Å². The molecule has 11 heteroatoms. The van der Waals surface area contributed by atoms with E-state index in [1.807, 2.05) is 0 Å². The van der Waals surface area contributed by atoms with Crippen LogP contribution in [0.2, 0.25) is 0 Å². The summed E-state index contributed by atoms with van der Waals surface area (Å²) in [6.45, 7) is 6.26. The first-order valence-electron chi connectivity index (χ1n) is 10.7. The van der Waals surface area contributed by atoms with Gasteiger partial charge in [0.1, 0.15) is 6.04 Å². The number of carbonyl (C=O) groups is 4. The molecule has 0 spiro atoms. The number of esters is 1. The lowest BCUT2D eigenvalue weighted by Crippen LogP contribution is -2.54. The summed E-state index contributed by atoms with van der Waals surface area (Å²) < 4.78 is 33.0. The monoisotopic (exact) mass is 501 g/mol. The number of carbonyl (C=O) groups excluding carboxylic acids is 4. The molecule has 0 saturated carbocycles. The van der Waals surface area contributed by atoms with Gasteiger partial charge in [-0.2, -0.15) is 4.31 Å². The standard InChI is InChI=1S/C24H27N3O7S/c1-15(28)25-17-8-12-19(13-9-17)35(32,33)27(24(2,3)4)20-14-21(29)26(22(20)30)18-10-6-16(7-11-18)23(31)34-5/h6-13,20H,14H2,1-5H3,(H,25,28). The Labute approximate surface area is 203 Å². The number of imide groups is 1. The summed E-state index contributed by atoms with van der Waals surface area (Å²) in [6, 6.07) is 10.0. The molecule has 1 saturated heterocycles. The molecular weight excluding hydrogens is 474 g/mol. The van der Waals surface area contributed by atoms with Crippen molar-refractivity contribution >= 4 is 45.1 Å². The van der Waals surface area contributed by atoms with Gasteiger partial charge in [-0.05, 0) is 69.3 Å². The molecule has 0 aromatic heterocycles. The number of hydrogen-bond donors (Lipinski definition) is 1. The third-order valence-corrected chi connectivity index (χ3v) is 7.53. The van der Waals surface area contributed by atoms with Crippen LogP contribution in [0.15, 0.2) is 53.4 Å². The van der Waals surface area contributed by atoms with E-state index in [9.17, 15) is 27.6 Å². The fraction of sp³-hybridized carbons (Fsp3) is 0.333. The molecule has 186 valence electrons. The maximum atomic E-state index is 13.7. The van der Waals surface area contributed by atoms with Crippen molar-refractivity contribution < 1.29 is 32.3 Å². The first kappa shape index (κ1) is 26.0. The molecule has 1 aliphatic heterocycles. The van der Waals surface area contributed by atoms with Crippen LogP contribution in [-0.4, -0.2) is 55.1 Å². The number of anilines is 2. The molecule has 1 aliphatic rings. The summed E-state index contributed by atoms with van der Waals surface area (Å²) >= 11 is 0. The molecule has 1 atom stereocenters. The molecule has 10 nitrogen and oxygen atoms in total. The van der Waals surface area contributed by atoms with Crippen molar-refractivity contribution in [2.45, 2.75) is 50.6 Å². The van der Waals surface area contributed by atoms with E-state index in [4.69, 9.17) is 0 Å². The van der Waals surface area contributed by atoms with Crippen LogP contribution in [0.1, 0.15) is 44.5 Å². The van der Waals surface area contributed by atoms with E-state index in [0.29, 0.717) is 5.69 Å². The molecule has 35 heavy (non-hydrogen) atoms. The quantitative estimate of drug-likeness (QED) is 0.475. The number of sulfonamides is 1. The Morgan fingerprint density at radius 3 is 2.09 bits per heavy atom. The van der Waals surface area contributed by atoms with Crippen LogP contribution < -0.4 is 10.2 Å². The largest absolute Gasteiger partial charge is 0.465 e. The van der Waals surface area contributed by atoms with Crippen LogP contribution >= 0.6 is 0 Å². The van der Waals surface area contributed by atoms with Crippen LogP contribution in [0.4, 0.5) is 11.4 Å². The predicted octanol–water partition coefficient (Wildman–Crippen LogP) is 2.55. The highest BCUT2D eigenvalue weighted by atomic mass is 32.2. The minimum absolute atomic E-state index is 0.0809. The lowest BCUT2D eigenvalue weighted by molar-refractivity contribution is -0.122. The predicted molar refractivity (Wildman–Crippen MR) is 128 cm³/mol. The van der Waals surface area contributed by atoms with Crippen LogP contribution in [0.5, 0.6) is 0 Å². The molecule has 0 aliphatic carbocycles. The highest BCUT2D eigenvalue weighted by Crippen LogP contribution is 2.34. The van der Waals surface area contributed by atoms with Crippen molar-refractivity contribution in [2.24, 2.45) is 0 Å². The Hall–Kier alpha value is -3.57. The Kier molecular flexibility index (Phi) is 7.13. The Morgan fingerprint density at radius 1 is 1.03 bits per heavy atom. The van der Waals surface area contributed by atoms with Crippen molar-refractivity contribution in [3.8, 4) is 0 Å². The summed E-state index contributed by atoms with van der Waals surface area (Å²) in [6.07, 6.45) is -0.335. The maximum absolute atomic E-state index is 13.7. The first-order valence-corrected chi connectivity index (χ1v) is 12.2. The first-order chi connectivity index (χ1) is 16.3. The SMILES string of the molecule is COC(=O)c1ccc(N2C(=O)CC(N(C(C)(C)C)S(=O)(=O)c3ccc(NC(C)=O)cc3)C2=O)cc1. The number of nitrogens with one attached hydrogen (secondary N) is 1. The number of hydrogen-bond acceptors (Lipinski definition) is 7. The Morgan fingerprint density at radius 2 is 1.60 bits per heavy atom. The zero-order valence-corrected chi connectivity index (χ0v) is 20.9. The summed E-state index contributed by atoms with van der Waals surface area (Å²) in [5.74, 6) is -2.11. The molecule has 0 bridgehead atoms. The van der Waals surface area contributed by atoms with Gasteiger partial charge in [-0.15, -0.1) is 0 Å². The summed E-state index contributed by atoms with van der Waals surface area (Å²) in [5.41, 5.74) is -0.150. The number of benzene rings is 2. The number of nitrogens with zero attached hydrogens (tertiary/aromatic N) is 2. The molecule has 1 heterocycles. The number of rotatable bonds is 6. The number of methoxy groups -OCH3 is 1. The lowest BCUT2D eigenvalue weighted by Gasteiger charge is -2.37. The van der Waals surface area contributed by atoms with Gasteiger partial charge in [-0.25, -0.2) is 18.1 Å². The zero-order valence-electron chi connectivity index (χ0n) is 20.1. The zero-order chi connectivity index (χ0) is 26.1. The van der Waals surface area contributed by atoms with Crippen molar-refractivity contribution in [2.75, 3.05) is 17.3 Å². The second-order valence-electron chi connectivity index (χ2n) is 9.00. The normalized spacial score (nSPS) is 16.5. The van der Waals surface area contributed by atoms with Gasteiger partial charge in [0, 0.05) is 18.2 Å². The fourth-order valence-corrected chi connectivity index (χ4v) is 5.89. The molecule has 1 unspecified atom stereocenters. The van der Waals surface area contributed by atoms with Gasteiger partial charge in [0.05, 0.1) is 29.7 Å². The molecule has 3 amide bonds. The third-order valence-electron chi connectivity index (χ3n) is 5.35. The lowest BCUT2D eigenvalue weighted by atomic mass is 10.1. The highest BCUT2D eigenvalue weighted by molar-refractivity contribution is 7.89. The Balaban J connectivity index is 1.96.